The SMILES string of the molecule is Cc1nc(CCC(=O)Nc2ccccc2C=Cc2ccc3cccc(O)c3n2)n[nH]1. The first-order chi connectivity index (χ1) is 14.6. The van der Waals surface area contributed by atoms with Crippen molar-refractivity contribution >= 4 is 34.6 Å². The molecule has 1 amide bonds. The minimum atomic E-state index is -0.105. The quantitative estimate of drug-likeness (QED) is 0.453. The average Bonchev–Trinajstić information content (AvgIpc) is 3.17. The smallest absolute Gasteiger partial charge is 0.224 e. The van der Waals surface area contributed by atoms with E-state index in [4.69, 9.17) is 0 Å². The number of anilines is 1. The lowest BCUT2D eigenvalue weighted by Gasteiger charge is -2.08. The molecule has 30 heavy (non-hydrogen) atoms. The highest BCUT2D eigenvalue weighted by molar-refractivity contribution is 5.94. The molecule has 4 rings (SSSR count). The van der Waals surface area contributed by atoms with E-state index >= 15 is 0 Å². The minimum Gasteiger partial charge on any atom is -0.506 e. The number of phenols is 1. The second-order valence-corrected chi connectivity index (χ2v) is 6.89. The first kappa shape index (κ1) is 19.3. The molecule has 0 spiro atoms. The van der Waals surface area contributed by atoms with Crippen LogP contribution >= 0.6 is 0 Å². The molecule has 4 aromatic rings. The van der Waals surface area contributed by atoms with Crippen LogP contribution < -0.4 is 5.32 Å². The van der Waals surface area contributed by atoms with Gasteiger partial charge in [-0.2, -0.15) is 5.10 Å². The van der Waals surface area contributed by atoms with Gasteiger partial charge in [-0.25, -0.2) is 9.97 Å². The van der Waals surface area contributed by atoms with Crippen LogP contribution in [0.25, 0.3) is 23.1 Å². The number of hydrogen-bond acceptors (Lipinski definition) is 5. The number of nitrogens with zero attached hydrogens (tertiary/aromatic N) is 3. The Morgan fingerprint density at radius 2 is 1.93 bits per heavy atom. The van der Waals surface area contributed by atoms with E-state index in [9.17, 15) is 9.90 Å². The van der Waals surface area contributed by atoms with Crippen LogP contribution in [0.1, 0.15) is 29.3 Å². The number of nitrogens with one attached hydrogen (secondary N) is 2. The summed E-state index contributed by atoms with van der Waals surface area (Å²) in [6.45, 7) is 1.82. The van der Waals surface area contributed by atoms with E-state index in [1.54, 1.807) is 12.1 Å². The van der Waals surface area contributed by atoms with E-state index in [1.807, 2.05) is 61.5 Å². The first-order valence-electron chi connectivity index (χ1n) is 9.62. The molecule has 0 atom stereocenters. The Labute approximate surface area is 173 Å². The van der Waals surface area contributed by atoms with E-state index in [0.29, 0.717) is 35.6 Å². The Morgan fingerprint density at radius 3 is 2.77 bits per heavy atom. The van der Waals surface area contributed by atoms with Crippen molar-refractivity contribution in [1.29, 1.82) is 0 Å². The number of H-pyrrole nitrogens is 1. The number of aromatic nitrogens is 4. The van der Waals surface area contributed by atoms with Crippen LogP contribution in [0.15, 0.2) is 54.6 Å². The summed E-state index contributed by atoms with van der Waals surface area (Å²) < 4.78 is 0. The predicted octanol–water partition coefficient (Wildman–Crippen LogP) is 4.11. The number of amides is 1. The van der Waals surface area contributed by atoms with Crippen molar-refractivity contribution in [2.45, 2.75) is 19.8 Å². The molecule has 0 aliphatic rings. The fraction of sp³-hybridized carbons (Fsp3) is 0.130. The Hall–Kier alpha value is -4.00. The van der Waals surface area contributed by atoms with Crippen LogP contribution in [-0.4, -0.2) is 31.2 Å². The molecule has 0 aliphatic heterocycles. The van der Waals surface area contributed by atoms with Crippen LogP contribution in [-0.2, 0) is 11.2 Å². The molecule has 0 unspecified atom stereocenters. The van der Waals surface area contributed by atoms with E-state index in [1.165, 1.54) is 0 Å². The summed E-state index contributed by atoms with van der Waals surface area (Å²) in [6.07, 6.45) is 4.51. The highest BCUT2D eigenvalue weighted by Gasteiger charge is 2.08. The van der Waals surface area contributed by atoms with Gasteiger partial charge in [0, 0.05) is 23.9 Å². The molecule has 7 nitrogen and oxygen atoms in total. The average molecular weight is 399 g/mol. The Balaban J connectivity index is 1.47. The largest absolute Gasteiger partial charge is 0.506 e. The number of fused-ring (bicyclic) bond motifs is 1. The van der Waals surface area contributed by atoms with Gasteiger partial charge in [0.05, 0.1) is 5.69 Å². The zero-order valence-corrected chi connectivity index (χ0v) is 16.5. The van der Waals surface area contributed by atoms with Crippen molar-refractivity contribution in [2.24, 2.45) is 0 Å². The van der Waals surface area contributed by atoms with Gasteiger partial charge in [-0.1, -0.05) is 42.5 Å². The summed E-state index contributed by atoms with van der Waals surface area (Å²) in [5.74, 6) is 1.40. The van der Waals surface area contributed by atoms with Crippen LogP contribution in [0.5, 0.6) is 5.75 Å². The summed E-state index contributed by atoms with van der Waals surface area (Å²) >= 11 is 0. The molecule has 150 valence electrons. The van der Waals surface area contributed by atoms with Gasteiger partial charge in [0.15, 0.2) is 5.82 Å². The predicted molar refractivity (Wildman–Crippen MR) is 117 cm³/mol. The van der Waals surface area contributed by atoms with Gasteiger partial charge in [-0.05, 0) is 36.8 Å². The normalized spacial score (nSPS) is 11.2. The number of carbonyl (C=O) groups is 1. The topological polar surface area (TPSA) is 104 Å². The van der Waals surface area contributed by atoms with Gasteiger partial charge in [-0.3, -0.25) is 9.89 Å². The van der Waals surface area contributed by atoms with Crippen molar-refractivity contribution < 1.29 is 9.90 Å². The molecule has 0 radical (unpaired) electrons. The summed E-state index contributed by atoms with van der Waals surface area (Å²) in [7, 11) is 0. The van der Waals surface area contributed by atoms with Crippen LogP contribution in [0.2, 0.25) is 0 Å². The number of hydrogen-bond donors (Lipinski definition) is 3. The van der Waals surface area contributed by atoms with Gasteiger partial charge in [0.25, 0.3) is 0 Å². The summed E-state index contributed by atoms with van der Waals surface area (Å²) in [5.41, 5.74) is 2.85. The molecular formula is C23H21N5O2. The lowest BCUT2D eigenvalue weighted by molar-refractivity contribution is -0.116. The van der Waals surface area contributed by atoms with E-state index < -0.39 is 0 Å². The molecule has 0 fully saturated rings. The molecule has 0 bridgehead atoms. The summed E-state index contributed by atoms with van der Waals surface area (Å²) in [6, 6.07) is 16.7. The zero-order chi connectivity index (χ0) is 20.9. The standard InChI is InChI=1S/C23H21N5O2/c1-15-24-21(28-27-15)13-14-22(30)26-19-7-3-2-5-16(19)9-11-18-12-10-17-6-4-8-20(29)23(17)25-18/h2-12,29H,13-14H2,1H3,(H,26,30)(H,24,27,28). The number of aromatic amines is 1. The summed E-state index contributed by atoms with van der Waals surface area (Å²) in [4.78, 5) is 21.1. The Morgan fingerprint density at radius 1 is 1.07 bits per heavy atom. The monoisotopic (exact) mass is 399 g/mol. The van der Waals surface area contributed by atoms with Crippen molar-refractivity contribution in [3.8, 4) is 5.75 Å². The molecule has 2 heterocycles. The zero-order valence-electron chi connectivity index (χ0n) is 16.5. The van der Waals surface area contributed by atoms with Crippen molar-refractivity contribution in [2.75, 3.05) is 5.32 Å². The van der Waals surface area contributed by atoms with E-state index in [0.717, 1.165) is 16.8 Å². The fourth-order valence-electron chi connectivity index (χ4n) is 3.11. The third-order valence-corrected chi connectivity index (χ3v) is 4.61. The fourth-order valence-corrected chi connectivity index (χ4v) is 3.11. The lowest BCUT2D eigenvalue weighted by Crippen LogP contribution is -2.13. The number of pyridine rings is 1. The molecule has 7 heteroatoms. The number of aromatic hydroxyl groups is 1. The van der Waals surface area contributed by atoms with Gasteiger partial charge < -0.3 is 10.4 Å². The Bertz CT molecular complexity index is 1230. The maximum absolute atomic E-state index is 12.4. The van der Waals surface area contributed by atoms with Crippen molar-refractivity contribution in [3.05, 3.63) is 77.5 Å². The number of para-hydroxylation sites is 2. The maximum atomic E-state index is 12.4. The number of rotatable bonds is 6. The molecule has 2 aromatic carbocycles. The van der Waals surface area contributed by atoms with Gasteiger partial charge in [-0.15, -0.1) is 0 Å². The minimum absolute atomic E-state index is 0.105. The highest BCUT2D eigenvalue weighted by atomic mass is 16.3. The number of benzene rings is 2. The van der Waals surface area contributed by atoms with Crippen molar-refractivity contribution in [3.63, 3.8) is 0 Å². The number of phenolic OH excluding ortho intramolecular Hbond substituents is 1. The second kappa shape index (κ2) is 8.57. The van der Waals surface area contributed by atoms with Crippen molar-refractivity contribution in [1.82, 2.24) is 20.2 Å². The molecule has 0 saturated heterocycles. The van der Waals surface area contributed by atoms with E-state index in [-0.39, 0.29) is 11.7 Å². The van der Waals surface area contributed by atoms with E-state index in [2.05, 4.69) is 25.5 Å². The molecule has 2 aromatic heterocycles. The molecule has 0 saturated carbocycles. The second-order valence-electron chi connectivity index (χ2n) is 6.89. The molecular weight excluding hydrogens is 378 g/mol. The van der Waals surface area contributed by atoms with Crippen LogP contribution in [0.3, 0.4) is 0 Å². The molecule has 0 aliphatic carbocycles. The number of carbonyl (C=O) groups excluding carboxylic acids is 1. The number of aryl methyl sites for hydroxylation is 2. The van der Waals surface area contributed by atoms with Gasteiger partial charge in [0.2, 0.25) is 5.91 Å². The lowest BCUT2D eigenvalue weighted by atomic mass is 10.1. The third kappa shape index (κ3) is 4.52. The highest BCUT2D eigenvalue weighted by Crippen LogP contribution is 2.24. The van der Waals surface area contributed by atoms with Gasteiger partial charge >= 0.3 is 0 Å². The van der Waals surface area contributed by atoms with Gasteiger partial charge in [0.1, 0.15) is 17.1 Å². The first-order valence-corrected chi connectivity index (χ1v) is 9.62. The molecule has 3 N–H and O–H groups in total. The third-order valence-electron chi connectivity index (χ3n) is 4.61. The maximum Gasteiger partial charge on any atom is 0.224 e. The Kier molecular flexibility index (Phi) is 5.52. The van der Waals surface area contributed by atoms with Crippen LogP contribution in [0, 0.1) is 6.92 Å². The van der Waals surface area contributed by atoms with Crippen LogP contribution in [0.4, 0.5) is 5.69 Å². The summed E-state index contributed by atoms with van der Waals surface area (Å²) in [5, 5.41) is 20.7.